The van der Waals surface area contributed by atoms with Crippen LogP contribution in [0.25, 0.3) is 5.59 Å². The third-order valence-corrected chi connectivity index (χ3v) is 0. The predicted octanol–water partition coefficient (Wildman–Crippen LogP) is -14.5. The molecule has 0 unspecified atom stereocenters. The molecule has 0 saturated heterocycles. The van der Waals surface area contributed by atoms with Crippen LogP contribution in [0, 0.1) is 64.1 Å². The average Bonchev–Trinajstić information content (AvgIpc) is 2.33. The molecule has 0 aliphatic rings. The van der Waals surface area contributed by atoms with E-state index in [9.17, 15) is 0 Å². The van der Waals surface area contributed by atoms with E-state index in [1.54, 1.807) is 0 Å². The summed E-state index contributed by atoms with van der Waals surface area (Å²) in [4.78, 5) is 7.25. The second-order valence-electron chi connectivity index (χ2n) is 0. The summed E-state index contributed by atoms with van der Waals surface area (Å²) in [5.41, 5.74) is 5.75. The van der Waals surface area contributed by atoms with Crippen LogP contribution in [0.5, 0.6) is 0 Å². The number of nitrogens with zero attached hydrogens (tertiary/aromatic N) is 6. The quantitative estimate of drug-likeness (QED) is 0.295. The smallest absolute Gasteiger partial charge is 0.870 e. The molecule has 0 amide bonds. The van der Waals surface area contributed by atoms with Crippen LogP contribution in [0.4, 0.5) is 0 Å². The van der Waals surface area contributed by atoms with Crippen molar-refractivity contribution in [3.05, 3.63) is 43.4 Å². The molecule has 0 saturated carbocycles. The fourth-order valence-electron chi connectivity index (χ4n) is 0. The van der Waals surface area contributed by atoms with Crippen molar-refractivity contribution in [1.29, 1.82) is 26.3 Å². The zero-order valence-electron chi connectivity index (χ0n) is 11.8. The van der Waals surface area contributed by atoms with E-state index in [-0.39, 0.29) is 176 Å². The fourth-order valence-corrected chi connectivity index (χ4v) is 0. The van der Waals surface area contributed by atoms with Crippen molar-refractivity contribution in [1.82, 2.24) is 0 Å². The molecule has 0 spiro atoms. The van der Waals surface area contributed by atoms with E-state index in [4.69, 9.17) is 69.7 Å². The summed E-state index contributed by atoms with van der Waals surface area (Å²) in [6.45, 7) is 23.8. The van der Waals surface area contributed by atoms with Crippen molar-refractivity contribution < 1.29 is 176 Å². The Labute approximate surface area is 240 Å². The van der Waals surface area contributed by atoms with E-state index < -0.39 is 0 Å². The summed E-state index contributed by atoms with van der Waals surface area (Å²) in [6.07, 6.45) is 0. The Bertz CT molecular complexity index is 112. The Morgan fingerprint density at radius 1 is 0.450 bits per heavy atom. The van der Waals surface area contributed by atoms with Gasteiger partial charge in [-0.1, -0.05) is 0 Å². The Hall–Kier alpha value is 2.49. The molecule has 15 heteroatoms. The van der Waals surface area contributed by atoms with Gasteiger partial charge < -0.3 is 80.6 Å². The van der Waals surface area contributed by atoms with Gasteiger partial charge in [0.25, 0.3) is 0 Å². The molecule has 0 rings (SSSR count). The zero-order chi connectivity index (χ0) is 12.0. The molecule has 0 bridgehead atoms. The summed E-state index contributed by atoms with van der Waals surface area (Å²) in [7, 11) is 0. The van der Waals surface area contributed by atoms with Crippen LogP contribution in [0.1, 0.15) is 0 Å². The van der Waals surface area contributed by atoms with E-state index in [0.29, 0.717) is 0 Å². The molecular weight excluding hydrogens is 363 g/mol. The van der Waals surface area contributed by atoms with Crippen molar-refractivity contribution in [3.63, 3.8) is 0 Å². The summed E-state index contributed by atoms with van der Waals surface area (Å²) in [5, 5.41) is 31.2. The van der Waals surface area contributed by atoms with Crippen LogP contribution in [-0.2, 0) is 17.1 Å². The van der Waals surface area contributed by atoms with Crippen LogP contribution in [0.15, 0.2) is 0 Å². The minimum Gasteiger partial charge on any atom is -0.870 e. The third-order valence-electron chi connectivity index (χ3n) is 0. The Morgan fingerprint density at radius 3 is 0.450 bits per heavy atom. The SMILES string of the molecule is [C-]#N.[C-]#N.[C-]#N.[C-]#N.[C-]#N.[Fe+3].[N-]=O.[Na+].[Na+].[Na+].[Na+].[Na+].[OH-].[OH-]. The van der Waals surface area contributed by atoms with Crippen LogP contribution in [0.3, 0.4) is 0 Å². The first-order valence-corrected chi connectivity index (χ1v) is 1.30. The summed E-state index contributed by atoms with van der Waals surface area (Å²) in [6, 6.07) is 0. The first kappa shape index (κ1) is 144. The van der Waals surface area contributed by atoms with Crippen molar-refractivity contribution in [2.75, 3.05) is 0 Å². The van der Waals surface area contributed by atoms with Gasteiger partial charge >= 0.3 is 165 Å². The molecule has 0 fully saturated rings. The largest absolute Gasteiger partial charge is 3.00 e. The molecular formula is C5H2FeN6Na5O3. The predicted molar refractivity (Wildman–Crippen MR) is 35.4 cm³/mol. The van der Waals surface area contributed by atoms with Gasteiger partial charge in [-0.25, -0.2) is 0 Å². The Balaban J connectivity index is -0.00000000167. The van der Waals surface area contributed by atoms with E-state index in [1.165, 1.54) is 0 Å². The second-order valence-corrected chi connectivity index (χ2v) is 0. The minimum atomic E-state index is 0. The van der Waals surface area contributed by atoms with Crippen LogP contribution in [-0.4, -0.2) is 11.0 Å². The summed E-state index contributed by atoms with van der Waals surface area (Å²) in [5.74, 6) is 0. The minimum absolute atomic E-state index is 0. The topological polar surface area (TPSA) is 218 Å². The molecule has 0 aromatic carbocycles. The van der Waals surface area contributed by atoms with Gasteiger partial charge in [-0.15, -0.1) is 0 Å². The zero-order valence-corrected chi connectivity index (χ0v) is 22.9. The third kappa shape index (κ3) is 1260. The standard InChI is InChI=1S/5CN.Fe.NO.5Na.2H2O/c5*1-2;;1-2;;;;;;;/h;;;;;;;;;;;;2*1H2/q5*-1;+3;-1;5*+1;;/p-2. The molecule has 0 aromatic heterocycles. The Kier molecular flexibility index (Phi) is 10500. The van der Waals surface area contributed by atoms with E-state index in [2.05, 4.69) is 0 Å². The van der Waals surface area contributed by atoms with Crippen molar-refractivity contribution in [2.24, 2.45) is 0 Å². The van der Waals surface area contributed by atoms with Crippen molar-refractivity contribution in [2.45, 2.75) is 0 Å². The molecule has 9 nitrogen and oxygen atoms in total. The second kappa shape index (κ2) is 1460. The monoisotopic (exact) mass is 365 g/mol. The van der Waals surface area contributed by atoms with E-state index in [0.717, 1.165) is 0 Å². The molecule has 0 atom stereocenters. The number of hydrogen-bond acceptors (Lipinski definition) is 8. The molecule has 2 N–H and O–H groups in total. The molecule has 0 heterocycles. The van der Waals surface area contributed by atoms with Crippen molar-refractivity contribution >= 4 is 0 Å². The maximum absolute atomic E-state index is 7.25. The maximum Gasteiger partial charge on any atom is 3.00 e. The fraction of sp³-hybridized carbons (Fsp3) is 0. The van der Waals surface area contributed by atoms with Gasteiger partial charge in [0, 0.05) is 0 Å². The summed E-state index contributed by atoms with van der Waals surface area (Å²) >= 11 is 0. The van der Waals surface area contributed by atoms with Gasteiger partial charge in [-0.3, -0.25) is 0 Å². The number of hydrogen-bond donors (Lipinski definition) is 0. The molecule has 0 aliphatic heterocycles. The number of nitroso groups, excluding NO2 is 1. The average molecular weight is 365 g/mol. The Morgan fingerprint density at radius 2 is 0.450 bits per heavy atom. The molecule has 0 aromatic rings. The first-order valence-electron chi connectivity index (χ1n) is 1.30. The molecule has 0 aliphatic carbocycles. The normalized spacial score (nSPS) is 0.700. The molecule has 83 valence electrons. The molecule has 20 heavy (non-hydrogen) atoms. The van der Waals surface area contributed by atoms with Gasteiger partial charge in [-0.2, -0.15) is 0 Å². The van der Waals surface area contributed by atoms with E-state index in [1.807, 2.05) is 0 Å². The number of rotatable bonds is 0. The van der Waals surface area contributed by atoms with Crippen LogP contribution in [0.2, 0.25) is 0 Å². The van der Waals surface area contributed by atoms with Crippen molar-refractivity contribution in [3.8, 4) is 0 Å². The van der Waals surface area contributed by atoms with Crippen LogP contribution < -0.4 is 148 Å². The maximum atomic E-state index is 7.25. The van der Waals surface area contributed by atoms with Crippen LogP contribution >= 0.6 is 0 Å². The van der Waals surface area contributed by atoms with Gasteiger partial charge in [0.15, 0.2) is 0 Å². The van der Waals surface area contributed by atoms with Gasteiger partial charge in [0.1, 0.15) is 0 Å². The van der Waals surface area contributed by atoms with Gasteiger partial charge in [-0.05, 0) is 0 Å². The van der Waals surface area contributed by atoms with Gasteiger partial charge in [0.05, 0.1) is 0 Å². The van der Waals surface area contributed by atoms with Gasteiger partial charge in [0.2, 0.25) is 0 Å². The molecule has 1 radical (unpaired) electrons. The van der Waals surface area contributed by atoms with E-state index >= 15 is 0 Å². The summed E-state index contributed by atoms with van der Waals surface area (Å²) < 4.78 is 0. The first-order chi connectivity index (χ1) is 6.00.